The lowest BCUT2D eigenvalue weighted by Crippen LogP contribution is -2.32. The van der Waals surface area contributed by atoms with Gasteiger partial charge in [-0.2, -0.15) is 0 Å². The fourth-order valence-corrected chi connectivity index (χ4v) is 3.92. The zero-order valence-electron chi connectivity index (χ0n) is 17.6. The lowest BCUT2D eigenvalue weighted by molar-refractivity contribution is 0.0754. The van der Waals surface area contributed by atoms with E-state index in [0.717, 1.165) is 9.87 Å². The van der Waals surface area contributed by atoms with Gasteiger partial charge in [0.2, 0.25) is 10.0 Å². The summed E-state index contributed by atoms with van der Waals surface area (Å²) in [7, 11) is 0.766. The second kappa shape index (κ2) is 9.59. The van der Waals surface area contributed by atoms with E-state index in [4.69, 9.17) is 11.6 Å². The van der Waals surface area contributed by atoms with E-state index in [9.17, 15) is 18.0 Å². The van der Waals surface area contributed by atoms with E-state index < -0.39 is 15.9 Å². The zero-order valence-corrected chi connectivity index (χ0v) is 19.2. The van der Waals surface area contributed by atoms with Crippen LogP contribution in [0.2, 0.25) is 5.02 Å². The van der Waals surface area contributed by atoms with Crippen LogP contribution in [0.3, 0.4) is 0 Å². The van der Waals surface area contributed by atoms with Crippen molar-refractivity contribution in [3.05, 3.63) is 64.2 Å². The topological polar surface area (TPSA) is 86.8 Å². The van der Waals surface area contributed by atoms with Gasteiger partial charge >= 0.3 is 0 Å². The first-order chi connectivity index (χ1) is 13.9. The molecule has 9 heteroatoms. The lowest BCUT2D eigenvalue weighted by atomic mass is 10.1. The molecule has 0 heterocycles. The number of amides is 2. The number of halogens is 1. The van der Waals surface area contributed by atoms with Gasteiger partial charge in [-0.1, -0.05) is 23.7 Å². The first-order valence-corrected chi connectivity index (χ1v) is 11.1. The molecular weight excluding hydrogens is 426 g/mol. The van der Waals surface area contributed by atoms with Crippen molar-refractivity contribution in [1.82, 2.24) is 14.5 Å². The molecule has 2 aromatic carbocycles. The Balaban J connectivity index is 2.10. The Morgan fingerprint density at radius 2 is 1.57 bits per heavy atom. The minimum Gasteiger partial charge on any atom is -0.348 e. The Morgan fingerprint density at radius 1 is 1.00 bits per heavy atom. The highest BCUT2D eigenvalue weighted by molar-refractivity contribution is 7.89. The molecule has 162 valence electrons. The van der Waals surface area contributed by atoms with Gasteiger partial charge in [0.05, 0.1) is 5.02 Å². The minimum absolute atomic E-state index is 0.0480. The molecule has 30 heavy (non-hydrogen) atoms. The van der Waals surface area contributed by atoms with E-state index in [1.165, 1.54) is 32.3 Å². The van der Waals surface area contributed by atoms with Crippen molar-refractivity contribution < 1.29 is 18.0 Å². The number of rotatable bonds is 7. The van der Waals surface area contributed by atoms with Crippen LogP contribution in [0.5, 0.6) is 0 Å². The molecule has 0 aromatic heterocycles. The van der Waals surface area contributed by atoms with E-state index in [0.29, 0.717) is 5.56 Å². The van der Waals surface area contributed by atoms with E-state index in [1.807, 2.05) is 13.8 Å². The highest BCUT2D eigenvalue weighted by Gasteiger charge is 2.22. The molecule has 0 aliphatic carbocycles. The molecule has 0 saturated heterocycles. The molecule has 0 aliphatic heterocycles. The molecule has 0 radical (unpaired) electrons. The monoisotopic (exact) mass is 451 g/mol. The quantitative estimate of drug-likeness (QED) is 0.701. The minimum atomic E-state index is -3.77. The summed E-state index contributed by atoms with van der Waals surface area (Å²) in [6.07, 6.45) is 0. The summed E-state index contributed by atoms with van der Waals surface area (Å²) in [6.45, 7) is 4.10. The third kappa shape index (κ3) is 5.38. The van der Waals surface area contributed by atoms with Crippen molar-refractivity contribution >= 4 is 33.4 Å². The second-order valence-corrected chi connectivity index (χ2v) is 9.85. The molecule has 2 amide bonds. The maximum absolute atomic E-state index is 12.5. The highest BCUT2D eigenvalue weighted by atomic mass is 35.5. The summed E-state index contributed by atoms with van der Waals surface area (Å²) in [5, 5.41) is 2.79. The first-order valence-electron chi connectivity index (χ1n) is 9.31. The largest absolute Gasteiger partial charge is 0.348 e. The van der Waals surface area contributed by atoms with Crippen LogP contribution in [0.1, 0.15) is 40.1 Å². The maximum atomic E-state index is 12.5. The average molecular weight is 452 g/mol. The SMILES string of the molecule is CC(C)N(C)C(=O)c1ccc(CNC(=O)c2ccc(Cl)c(S(=O)(=O)N(C)C)c2)cc1. The number of sulfonamides is 1. The molecule has 0 bridgehead atoms. The van der Waals surface area contributed by atoms with Gasteiger partial charge in [-0.25, -0.2) is 12.7 Å². The van der Waals surface area contributed by atoms with E-state index in [-0.39, 0.29) is 34.0 Å². The van der Waals surface area contributed by atoms with E-state index in [2.05, 4.69) is 5.32 Å². The number of hydrogen-bond donors (Lipinski definition) is 1. The smallest absolute Gasteiger partial charge is 0.253 e. The van der Waals surface area contributed by atoms with Gasteiger partial charge in [0.25, 0.3) is 11.8 Å². The van der Waals surface area contributed by atoms with Gasteiger partial charge in [-0.15, -0.1) is 0 Å². The summed E-state index contributed by atoms with van der Waals surface area (Å²) < 4.78 is 25.8. The van der Waals surface area contributed by atoms with Crippen LogP contribution in [0, 0.1) is 0 Å². The number of hydrogen-bond acceptors (Lipinski definition) is 4. The Morgan fingerprint density at radius 3 is 2.10 bits per heavy atom. The molecule has 0 unspecified atom stereocenters. The van der Waals surface area contributed by atoms with Crippen LogP contribution in [0.15, 0.2) is 47.4 Å². The lowest BCUT2D eigenvalue weighted by Gasteiger charge is -2.21. The predicted octanol–water partition coefficient (Wildman–Crippen LogP) is 3.00. The Kier molecular flexibility index (Phi) is 7.63. The van der Waals surface area contributed by atoms with Crippen LogP contribution >= 0.6 is 11.6 Å². The van der Waals surface area contributed by atoms with Gasteiger partial charge in [0.15, 0.2) is 0 Å². The predicted molar refractivity (Wildman–Crippen MR) is 117 cm³/mol. The fourth-order valence-electron chi connectivity index (χ4n) is 2.53. The van der Waals surface area contributed by atoms with Crippen molar-refractivity contribution in [3.63, 3.8) is 0 Å². The van der Waals surface area contributed by atoms with E-state index in [1.54, 1.807) is 36.2 Å². The maximum Gasteiger partial charge on any atom is 0.253 e. The molecule has 7 nitrogen and oxygen atoms in total. The molecule has 0 atom stereocenters. The molecule has 0 spiro atoms. The first kappa shape index (κ1) is 23.9. The third-order valence-corrected chi connectivity index (χ3v) is 7.00. The van der Waals surface area contributed by atoms with Crippen LogP contribution in [0.25, 0.3) is 0 Å². The normalized spacial score (nSPS) is 11.6. The van der Waals surface area contributed by atoms with Gasteiger partial charge in [-0.05, 0) is 49.7 Å². The van der Waals surface area contributed by atoms with Gasteiger partial charge in [-0.3, -0.25) is 9.59 Å². The molecule has 0 fully saturated rings. The number of nitrogens with one attached hydrogen (secondary N) is 1. The summed E-state index contributed by atoms with van der Waals surface area (Å²) in [5.41, 5.74) is 1.56. The Labute approximate surface area is 182 Å². The number of benzene rings is 2. The zero-order chi connectivity index (χ0) is 22.6. The van der Waals surface area contributed by atoms with Crippen molar-refractivity contribution in [2.24, 2.45) is 0 Å². The average Bonchev–Trinajstić information content (AvgIpc) is 2.71. The summed E-state index contributed by atoms with van der Waals surface area (Å²) in [4.78, 5) is 26.3. The standard InChI is InChI=1S/C21H26ClN3O4S/c1-14(2)25(5)21(27)16-8-6-15(7-9-16)13-23-20(26)17-10-11-18(22)19(12-17)30(28,29)24(3)4/h6-12,14H,13H2,1-5H3,(H,23,26). The summed E-state index contributed by atoms with van der Waals surface area (Å²) >= 11 is 6.02. The van der Waals surface area contributed by atoms with Gasteiger partial charge in [0.1, 0.15) is 4.90 Å². The van der Waals surface area contributed by atoms with Gasteiger partial charge in [0, 0.05) is 44.9 Å². The number of carbonyl (C=O) groups excluding carboxylic acids is 2. The molecule has 1 N–H and O–H groups in total. The van der Waals surface area contributed by atoms with Crippen LogP contribution < -0.4 is 5.32 Å². The van der Waals surface area contributed by atoms with Crippen molar-refractivity contribution in [2.75, 3.05) is 21.1 Å². The molecule has 2 rings (SSSR count). The van der Waals surface area contributed by atoms with Gasteiger partial charge < -0.3 is 10.2 Å². The van der Waals surface area contributed by atoms with Crippen molar-refractivity contribution in [3.8, 4) is 0 Å². The third-order valence-electron chi connectivity index (χ3n) is 4.70. The van der Waals surface area contributed by atoms with Crippen LogP contribution in [-0.4, -0.2) is 56.6 Å². The Bertz CT molecular complexity index is 1030. The fraction of sp³-hybridized carbons (Fsp3) is 0.333. The molecule has 0 saturated carbocycles. The number of nitrogens with zero attached hydrogens (tertiary/aromatic N) is 2. The summed E-state index contributed by atoms with van der Waals surface area (Å²) in [5.74, 6) is -0.502. The van der Waals surface area contributed by atoms with E-state index >= 15 is 0 Å². The second-order valence-electron chi connectivity index (χ2n) is 7.32. The van der Waals surface area contributed by atoms with Crippen molar-refractivity contribution in [1.29, 1.82) is 0 Å². The highest BCUT2D eigenvalue weighted by Crippen LogP contribution is 2.24. The molecule has 0 aliphatic rings. The Hall–Kier alpha value is -2.42. The van der Waals surface area contributed by atoms with Crippen LogP contribution in [0.4, 0.5) is 0 Å². The molecular formula is C21H26ClN3O4S. The van der Waals surface area contributed by atoms with Crippen molar-refractivity contribution in [2.45, 2.75) is 31.3 Å². The summed E-state index contributed by atoms with van der Waals surface area (Å²) in [6, 6.07) is 11.2. The number of carbonyl (C=O) groups is 2. The molecule has 2 aromatic rings. The van der Waals surface area contributed by atoms with Crippen LogP contribution in [-0.2, 0) is 16.6 Å².